The number of nitrogen functional groups attached to an aromatic ring is 1. The fraction of sp³-hybridized carbons (Fsp3) is 0.286. The Hall–Kier alpha value is -1.43. The molecule has 0 aliphatic carbocycles. The Morgan fingerprint density at radius 3 is 2.69 bits per heavy atom. The van der Waals surface area contributed by atoms with E-state index in [0.29, 0.717) is 0 Å². The van der Waals surface area contributed by atoms with Crippen LogP contribution in [-0.2, 0) is 6.61 Å². The maximum atomic E-state index is 12.2. The van der Waals surface area contributed by atoms with E-state index in [0.717, 1.165) is 6.20 Å². The average molecular weight is 190 g/mol. The van der Waals surface area contributed by atoms with E-state index in [2.05, 4.69) is 4.98 Å². The Labute approximate surface area is 72.0 Å². The standard InChI is InChI=1S/C7H8F2N2O2/c8-6(9)3-1-11-7(13)4(2-12)5(3)10/h1,6,12H,2H2,(H3,10,11,13). The van der Waals surface area contributed by atoms with Crippen molar-refractivity contribution in [2.75, 3.05) is 5.73 Å². The van der Waals surface area contributed by atoms with Gasteiger partial charge in [-0.3, -0.25) is 4.79 Å². The number of halogens is 2. The lowest BCUT2D eigenvalue weighted by Crippen LogP contribution is -2.17. The highest BCUT2D eigenvalue weighted by molar-refractivity contribution is 5.52. The summed E-state index contributed by atoms with van der Waals surface area (Å²) in [6.45, 7) is -0.651. The SMILES string of the molecule is Nc1c(C(F)F)c[nH]c(=O)c1CO. The molecule has 0 unspecified atom stereocenters. The second kappa shape index (κ2) is 3.53. The van der Waals surface area contributed by atoms with E-state index >= 15 is 0 Å². The van der Waals surface area contributed by atoms with Crippen LogP contribution in [0.3, 0.4) is 0 Å². The molecule has 4 nitrogen and oxygen atoms in total. The molecule has 0 atom stereocenters. The van der Waals surface area contributed by atoms with Crippen molar-refractivity contribution in [1.82, 2.24) is 4.98 Å². The number of nitrogens with one attached hydrogen (secondary N) is 1. The van der Waals surface area contributed by atoms with Crippen molar-refractivity contribution in [1.29, 1.82) is 0 Å². The Bertz CT molecular complexity index is 362. The smallest absolute Gasteiger partial charge is 0.267 e. The number of aliphatic hydroxyl groups is 1. The molecular weight excluding hydrogens is 182 g/mol. The number of H-pyrrole nitrogens is 1. The van der Waals surface area contributed by atoms with Gasteiger partial charge in [-0.15, -0.1) is 0 Å². The van der Waals surface area contributed by atoms with Crippen LogP contribution in [0.2, 0.25) is 0 Å². The number of anilines is 1. The van der Waals surface area contributed by atoms with Crippen LogP contribution in [0.1, 0.15) is 17.6 Å². The van der Waals surface area contributed by atoms with Crippen molar-refractivity contribution in [3.63, 3.8) is 0 Å². The predicted octanol–water partition coefficient (Wildman–Crippen LogP) is 0.387. The quantitative estimate of drug-likeness (QED) is 0.631. The third-order valence-electron chi connectivity index (χ3n) is 1.66. The molecule has 0 aliphatic rings. The van der Waals surface area contributed by atoms with Crippen molar-refractivity contribution in [3.8, 4) is 0 Å². The molecular formula is C7H8F2N2O2. The third-order valence-corrected chi connectivity index (χ3v) is 1.66. The fourth-order valence-electron chi connectivity index (χ4n) is 0.942. The van der Waals surface area contributed by atoms with E-state index in [9.17, 15) is 13.6 Å². The summed E-state index contributed by atoms with van der Waals surface area (Å²) in [6, 6.07) is 0. The third kappa shape index (κ3) is 1.67. The van der Waals surface area contributed by atoms with Gasteiger partial charge in [-0.2, -0.15) is 0 Å². The van der Waals surface area contributed by atoms with Crippen LogP contribution >= 0.6 is 0 Å². The van der Waals surface area contributed by atoms with Gasteiger partial charge in [0, 0.05) is 6.20 Å². The van der Waals surface area contributed by atoms with Gasteiger partial charge in [-0.05, 0) is 0 Å². The number of rotatable bonds is 2. The maximum Gasteiger partial charge on any atom is 0.267 e. The first-order valence-corrected chi connectivity index (χ1v) is 3.47. The fourth-order valence-corrected chi connectivity index (χ4v) is 0.942. The summed E-state index contributed by atoms with van der Waals surface area (Å²) in [4.78, 5) is 13.0. The molecule has 0 saturated heterocycles. The van der Waals surface area contributed by atoms with Gasteiger partial charge in [-0.1, -0.05) is 0 Å². The minimum Gasteiger partial charge on any atom is -0.398 e. The summed E-state index contributed by atoms with van der Waals surface area (Å²) in [5.74, 6) is 0. The second-order valence-corrected chi connectivity index (χ2v) is 2.42. The highest BCUT2D eigenvalue weighted by Gasteiger charge is 2.15. The van der Waals surface area contributed by atoms with E-state index in [1.165, 1.54) is 0 Å². The monoisotopic (exact) mass is 190 g/mol. The van der Waals surface area contributed by atoms with Crippen molar-refractivity contribution in [3.05, 3.63) is 27.7 Å². The van der Waals surface area contributed by atoms with Gasteiger partial charge in [0.25, 0.3) is 12.0 Å². The Morgan fingerprint density at radius 1 is 1.62 bits per heavy atom. The molecule has 0 bridgehead atoms. The molecule has 1 rings (SSSR count). The number of aromatic nitrogens is 1. The van der Waals surface area contributed by atoms with Crippen LogP contribution in [0.25, 0.3) is 0 Å². The second-order valence-electron chi connectivity index (χ2n) is 2.42. The van der Waals surface area contributed by atoms with Crippen molar-refractivity contribution < 1.29 is 13.9 Å². The van der Waals surface area contributed by atoms with Gasteiger partial charge in [0.05, 0.1) is 23.4 Å². The maximum absolute atomic E-state index is 12.2. The molecule has 1 aromatic rings. The van der Waals surface area contributed by atoms with E-state index in [4.69, 9.17) is 10.8 Å². The van der Waals surface area contributed by atoms with Crippen LogP contribution in [-0.4, -0.2) is 10.1 Å². The number of alkyl halides is 2. The summed E-state index contributed by atoms with van der Waals surface area (Å²) in [7, 11) is 0. The zero-order chi connectivity index (χ0) is 10.0. The first-order valence-electron chi connectivity index (χ1n) is 3.47. The van der Waals surface area contributed by atoms with E-state index in [1.807, 2.05) is 0 Å². The van der Waals surface area contributed by atoms with Crippen LogP contribution in [0.15, 0.2) is 11.0 Å². The van der Waals surface area contributed by atoms with Gasteiger partial charge in [0.1, 0.15) is 0 Å². The zero-order valence-corrected chi connectivity index (χ0v) is 6.55. The number of pyridine rings is 1. The lowest BCUT2D eigenvalue weighted by atomic mass is 10.1. The summed E-state index contributed by atoms with van der Waals surface area (Å²) < 4.78 is 24.4. The topological polar surface area (TPSA) is 79.1 Å². The van der Waals surface area contributed by atoms with Crippen molar-refractivity contribution >= 4 is 5.69 Å². The van der Waals surface area contributed by atoms with E-state index in [-0.39, 0.29) is 11.3 Å². The van der Waals surface area contributed by atoms with Crippen LogP contribution in [0.4, 0.5) is 14.5 Å². The highest BCUT2D eigenvalue weighted by Crippen LogP contribution is 2.24. The number of aromatic amines is 1. The lowest BCUT2D eigenvalue weighted by molar-refractivity contribution is 0.151. The molecule has 1 heterocycles. The summed E-state index contributed by atoms with van der Waals surface area (Å²) >= 11 is 0. The molecule has 1 aromatic heterocycles. The van der Waals surface area contributed by atoms with Crippen molar-refractivity contribution in [2.45, 2.75) is 13.0 Å². The lowest BCUT2D eigenvalue weighted by Gasteiger charge is -2.06. The molecule has 0 fully saturated rings. The Morgan fingerprint density at radius 2 is 2.23 bits per heavy atom. The predicted molar refractivity (Wildman–Crippen MR) is 42.4 cm³/mol. The van der Waals surface area contributed by atoms with Crippen LogP contribution in [0.5, 0.6) is 0 Å². The molecule has 0 amide bonds. The number of aliphatic hydroxyl groups excluding tert-OH is 1. The van der Waals surface area contributed by atoms with Crippen LogP contribution < -0.4 is 11.3 Å². The first-order chi connectivity index (χ1) is 6.07. The number of nitrogens with two attached hydrogens (primary N) is 1. The summed E-state index contributed by atoms with van der Waals surface area (Å²) in [6.07, 6.45) is -1.91. The van der Waals surface area contributed by atoms with Gasteiger partial charge in [-0.25, -0.2) is 8.78 Å². The molecule has 0 aromatic carbocycles. The molecule has 0 saturated carbocycles. The molecule has 0 radical (unpaired) electrons. The average Bonchev–Trinajstić information content (AvgIpc) is 2.04. The zero-order valence-electron chi connectivity index (χ0n) is 6.55. The minimum absolute atomic E-state index is 0.224. The molecule has 13 heavy (non-hydrogen) atoms. The Kier molecular flexibility index (Phi) is 2.62. The number of hydrogen-bond acceptors (Lipinski definition) is 3. The van der Waals surface area contributed by atoms with E-state index < -0.39 is 24.2 Å². The first kappa shape index (κ1) is 9.66. The molecule has 0 aliphatic heterocycles. The summed E-state index contributed by atoms with van der Waals surface area (Å²) in [5, 5.41) is 8.66. The number of hydrogen-bond donors (Lipinski definition) is 3. The summed E-state index contributed by atoms with van der Waals surface area (Å²) in [5.41, 5.74) is 3.55. The minimum atomic E-state index is -2.76. The van der Waals surface area contributed by atoms with Gasteiger partial charge >= 0.3 is 0 Å². The van der Waals surface area contributed by atoms with Crippen LogP contribution in [0, 0.1) is 0 Å². The molecule has 4 N–H and O–H groups in total. The highest BCUT2D eigenvalue weighted by atomic mass is 19.3. The van der Waals surface area contributed by atoms with Gasteiger partial charge in [0.2, 0.25) is 0 Å². The molecule has 0 spiro atoms. The van der Waals surface area contributed by atoms with Gasteiger partial charge < -0.3 is 15.8 Å². The van der Waals surface area contributed by atoms with Gasteiger partial charge in [0.15, 0.2) is 0 Å². The normalized spacial score (nSPS) is 10.8. The Balaban J connectivity index is 3.36. The van der Waals surface area contributed by atoms with E-state index in [1.54, 1.807) is 0 Å². The molecule has 72 valence electrons. The van der Waals surface area contributed by atoms with Crippen molar-refractivity contribution in [2.24, 2.45) is 0 Å². The molecule has 6 heteroatoms. The largest absolute Gasteiger partial charge is 0.398 e.